The summed E-state index contributed by atoms with van der Waals surface area (Å²) in [7, 11) is 0. The van der Waals surface area contributed by atoms with Gasteiger partial charge in [0.25, 0.3) is 0 Å². The highest BCUT2D eigenvalue weighted by Gasteiger charge is 2.41. The number of hydrogen-bond acceptors (Lipinski definition) is 6. The van der Waals surface area contributed by atoms with Crippen molar-refractivity contribution >= 4 is 5.95 Å². The number of rotatable bonds is 3. The maximum Gasteiger partial charge on any atom is 0.225 e. The fraction of sp³-hybridized carbons (Fsp3) is 0.538. The lowest BCUT2D eigenvalue weighted by molar-refractivity contribution is 0.0558. The zero-order valence-electron chi connectivity index (χ0n) is 11.9. The molecule has 0 spiro atoms. The van der Waals surface area contributed by atoms with Gasteiger partial charge in [-0.15, -0.1) is 5.10 Å². The molecule has 3 heterocycles. The Morgan fingerprint density at radius 1 is 1.33 bits per heavy atom. The molecule has 1 N–H and O–H groups in total. The summed E-state index contributed by atoms with van der Waals surface area (Å²) in [6.07, 6.45) is 4.51. The minimum Gasteiger partial charge on any atom is -0.381 e. The maximum absolute atomic E-state index is 12.9. The van der Waals surface area contributed by atoms with Crippen molar-refractivity contribution in [3.05, 3.63) is 30.1 Å². The van der Waals surface area contributed by atoms with Crippen LogP contribution in [0.5, 0.6) is 0 Å². The van der Waals surface area contributed by atoms with Gasteiger partial charge in [0.2, 0.25) is 5.95 Å². The monoisotopic (exact) mass is 292 g/mol. The van der Waals surface area contributed by atoms with Crippen LogP contribution in [0.1, 0.15) is 32.0 Å². The summed E-state index contributed by atoms with van der Waals surface area (Å²) in [4.78, 5) is 9.69. The van der Waals surface area contributed by atoms with Gasteiger partial charge in [-0.3, -0.25) is 0 Å². The molecule has 2 aromatic rings. The van der Waals surface area contributed by atoms with Gasteiger partial charge in [0.05, 0.1) is 25.1 Å². The van der Waals surface area contributed by atoms with Crippen molar-refractivity contribution in [2.75, 3.05) is 18.0 Å². The number of anilines is 1. The lowest BCUT2D eigenvalue weighted by Gasteiger charge is -2.20. The van der Waals surface area contributed by atoms with E-state index in [1.165, 1.54) is 0 Å². The second-order valence-corrected chi connectivity index (χ2v) is 5.58. The molecular formula is C13H17FN6O. The molecule has 1 atom stereocenters. The van der Waals surface area contributed by atoms with Gasteiger partial charge in [0.1, 0.15) is 11.3 Å². The topological polar surface area (TPSA) is 80.0 Å². The predicted molar refractivity (Wildman–Crippen MR) is 73.1 cm³/mol. The van der Waals surface area contributed by atoms with E-state index in [9.17, 15) is 9.50 Å². The quantitative estimate of drug-likeness (QED) is 0.905. The van der Waals surface area contributed by atoms with Gasteiger partial charge in [-0.1, -0.05) is 5.21 Å². The van der Waals surface area contributed by atoms with Crippen molar-refractivity contribution in [2.45, 2.75) is 31.9 Å². The van der Waals surface area contributed by atoms with Crippen molar-refractivity contribution in [3.63, 3.8) is 0 Å². The largest absolute Gasteiger partial charge is 0.381 e. The van der Waals surface area contributed by atoms with Gasteiger partial charge in [-0.05, 0) is 13.8 Å². The molecule has 1 unspecified atom stereocenters. The van der Waals surface area contributed by atoms with E-state index in [4.69, 9.17) is 0 Å². The summed E-state index contributed by atoms with van der Waals surface area (Å²) in [6, 6.07) is 0.188. The number of aliphatic hydroxyl groups is 1. The fourth-order valence-electron chi connectivity index (χ4n) is 2.38. The summed E-state index contributed by atoms with van der Waals surface area (Å²) < 4.78 is 14.6. The number of halogens is 1. The molecule has 0 amide bonds. The Kier molecular flexibility index (Phi) is 3.32. The molecule has 0 bridgehead atoms. The molecular weight excluding hydrogens is 275 g/mol. The highest BCUT2D eigenvalue weighted by atomic mass is 19.1. The third-order valence-electron chi connectivity index (χ3n) is 3.65. The van der Waals surface area contributed by atoms with E-state index in [0.717, 1.165) is 12.4 Å². The van der Waals surface area contributed by atoms with Crippen LogP contribution in [-0.2, 0) is 5.60 Å². The predicted octanol–water partition coefficient (Wildman–Crippen LogP) is 0.886. The van der Waals surface area contributed by atoms with Crippen LogP contribution in [0.3, 0.4) is 0 Å². The minimum absolute atomic E-state index is 0.188. The maximum atomic E-state index is 12.9. The first-order valence-electron chi connectivity index (χ1n) is 6.85. The third-order valence-corrected chi connectivity index (χ3v) is 3.65. The van der Waals surface area contributed by atoms with E-state index in [1.807, 2.05) is 18.7 Å². The number of β-amino-alcohol motifs (C(OH)–C–C–N with tert-alkyl or cyclic N) is 1. The lowest BCUT2D eigenvalue weighted by atomic mass is 10.00. The molecule has 1 aliphatic rings. The molecule has 0 saturated carbocycles. The minimum atomic E-state index is -1.08. The summed E-state index contributed by atoms with van der Waals surface area (Å²) >= 11 is 0. The molecule has 1 aliphatic heterocycles. The second-order valence-electron chi connectivity index (χ2n) is 5.58. The first-order chi connectivity index (χ1) is 9.98. The third kappa shape index (κ3) is 2.58. The van der Waals surface area contributed by atoms with E-state index < -0.39 is 11.4 Å². The van der Waals surface area contributed by atoms with Crippen LogP contribution >= 0.6 is 0 Å². The number of aromatic nitrogens is 5. The Bertz CT molecular complexity index is 628. The van der Waals surface area contributed by atoms with Crippen LogP contribution < -0.4 is 4.90 Å². The Hall–Kier alpha value is -2.09. The van der Waals surface area contributed by atoms with Crippen LogP contribution in [0, 0.1) is 5.82 Å². The van der Waals surface area contributed by atoms with Crippen LogP contribution in [0.15, 0.2) is 18.6 Å². The van der Waals surface area contributed by atoms with Gasteiger partial charge in [-0.25, -0.2) is 19.0 Å². The van der Waals surface area contributed by atoms with Crippen molar-refractivity contribution in [1.29, 1.82) is 0 Å². The van der Waals surface area contributed by atoms with Crippen molar-refractivity contribution < 1.29 is 9.50 Å². The zero-order chi connectivity index (χ0) is 15.0. The van der Waals surface area contributed by atoms with E-state index >= 15 is 0 Å². The standard InChI is InChI=1S/C13H17FN6O/c1-9(2)20-7-11(17-18-20)13(21)3-4-19(8-13)12-15-5-10(14)6-16-12/h5-7,9,21H,3-4,8H2,1-2H3. The summed E-state index contributed by atoms with van der Waals surface area (Å²) in [6.45, 7) is 4.89. The van der Waals surface area contributed by atoms with Crippen LogP contribution in [0.2, 0.25) is 0 Å². The lowest BCUT2D eigenvalue weighted by Crippen LogP contribution is -2.32. The second kappa shape index (κ2) is 5.03. The van der Waals surface area contributed by atoms with Crippen LogP contribution in [-0.4, -0.2) is 43.2 Å². The molecule has 21 heavy (non-hydrogen) atoms. The molecule has 0 radical (unpaired) electrons. The molecule has 112 valence electrons. The van der Waals surface area contributed by atoms with Gasteiger partial charge in [0.15, 0.2) is 5.82 Å². The van der Waals surface area contributed by atoms with Crippen molar-refractivity contribution in [3.8, 4) is 0 Å². The van der Waals surface area contributed by atoms with E-state index in [1.54, 1.807) is 10.9 Å². The smallest absolute Gasteiger partial charge is 0.225 e. The Morgan fingerprint density at radius 3 is 2.67 bits per heavy atom. The van der Waals surface area contributed by atoms with E-state index in [2.05, 4.69) is 20.3 Å². The molecule has 1 saturated heterocycles. The summed E-state index contributed by atoms with van der Waals surface area (Å²) in [5, 5.41) is 18.8. The highest BCUT2D eigenvalue weighted by Crippen LogP contribution is 2.32. The Balaban J connectivity index is 1.79. The average Bonchev–Trinajstić information content (AvgIpc) is 3.07. The molecule has 7 nitrogen and oxygen atoms in total. The van der Waals surface area contributed by atoms with Crippen LogP contribution in [0.25, 0.3) is 0 Å². The van der Waals surface area contributed by atoms with Gasteiger partial charge < -0.3 is 10.0 Å². The van der Waals surface area contributed by atoms with Crippen LogP contribution in [0.4, 0.5) is 10.3 Å². The van der Waals surface area contributed by atoms with Gasteiger partial charge >= 0.3 is 0 Å². The average molecular weight is 292 g/mol. The molecule has 2 aromatic heterocycles. The molecule has 3 rings (SSSR count). The highest BCUT2D eigenvalue weighted by molar-refractivity contribution is 5.34. The fourth-order valence-corrected chi connectivity index (χ4v) is 2.38. The van der Waals surface area contributed by atoms with Gasteiger partial charge in [0, 0.05) is 19.0 Å². The van der Waals surface area contributed by atoms with Gasteiger partial charge in [-0.2, -0.15) is 0 Å². The summed E-state index contributed by atoms with van der Waals surface area (Å²) in [5.41, 5.74) is -0.536. The first-order valence-corrected chi connectivity index (χ1v) is 6.85. The molecule has 8 heteroatoms. The van der Waals surface area contributed by atoms with E-state index in [-0.39, 0.29) is 6.04 Å². The zero-order valence-corrected chi connectivity index (χ0v) is 11.9. The van der Waals surface area contributed by atoms with E-state index in [0.29, 0.717) is 31.2 Å². The summed E-state index contributed by atoms with van der Waals surface area (Å²) in [5.74, 6) is -0.0725. The number of hydrogen-bond donors (Lipinski definition) is 1. The first kappa shape index (κ1) is 13.9. The SMILES string of the molecule is CC(C)n1cc(C2(O)CCN(c3ncc(F)cn3)C2)nn1. The number of nitrogens with zero attached hydrogens (tertiary/aromatic N) is 6. The molecule has 1 fully saturated rings. The normalized spacial score (nSPS) is 22.2. The van der Waals surface area contributed by atoms with Crippen molar-refractivity contribution in [2.24, 2.45) is 0 Å². The Labute approximate surface area is 121 Å². The Morgan fingerprint density at radius 2 is 2.05 bits per heavy atom. The van der Waals surface area contributed by atoms with Crippen molar-refractivity contribution in [1.82, 2.24) is 25.0 Å². The molecule has 0 aliphatic carbocycles. The molecule has 0 aromatic carbocycles.